The second-order valence-electron chi connectivity index (χ2n) is 15.0. The number of unbranched alkanes of at least 4 members (excludes halogenated alkanes) is 38. The Morgan fingerprint density at radius 1 is 0.196 bits per heavy atom. The van der Waals surface area contributed by atoms with Crippen LogP contribution >= 0.6 is 0 Å². The monoisotopic (exact) mass is 658 g/mol. The summed E-state index contributed by atoms with van der Waals surface area (Å²) in [5, 5.41) is 0. The van der Waals surface area contributed by atoms with E-state index in [9.17, 15) is 0 Å². The predicted octanol–water partition coefficient (Wildman–Crippen LogP) is 16.3. The van der Waals surface area contributed by atoms with E-state index >= 15 is 0 Å². The maximum Gasteiger partial charge on any atom is 0.0466 e. The van der Waals surface area contributed by atoms with E-state index in [-0.39, 0.29) is 29.6 Å². The molecule has 1 radical (unpaired) electrons. The third-order valence-corrected chi connectivity index (χ3v) is 10.3. The number of hydrogen-bond acceptors (Lipinski definition) is 1. The molecule has 0 amide bonds. The maximum atomic E-state index is 5.91. The van der Waals surface area contributed by atoms with Crippen LogP contribution in [0.2, 0.25) is 0 Å². The molecular weight excluding hydrogens is 567 g/mol. The van der Waals surface area contributed by atoms with Crippen LogP contribution < -0.4 is 0 Å². The van der Waals surface area contributed by atoms with Crippen molar-refractivity contribution >= 4 is 29.6 Å². The van der Waals surface area contributed by atoms with Gasteiger partial charge in [0.05, 0.1) is 0 Å². The van der Waals surface area contributed by atoms with Crippen LogP contribution in [0.3, 0.4) is 0 Å². The molecule has 1 nitrogen and oxygen atoms in total. The van der Waals surface area contributed by atoms with Gasteiger partial charge in [-0.2, -0.15) is 0 Å². The van der Waals surface area contributed by atoms with Crippen molar-refractivity contribution in [3.8, 4) is 0 Å². The van der Waals surface area contributed by atoms with Crippen LogP contribution in [0.25, 0.3) is 0 Å². The smallest absolute Gasteiger partial charge is 0.0466 e. The van der Waals surface area contributed by atoms with Crippen molar-refractivity contribution in [2.45, 2.75) is 271 Å². The average Bonchev–Trinajstić information content (AvgIpc) is 3.05. The fourth-order valence-corrected chi connectivity index (χ4v) is 7.02. The summed E-state index contributed by atoms with van der Waals surface area (Å²) in [5.74, 6) is 0. The molecule has 46 heavy (non-hydrogen) atoms. The third kappa shape index (κ3) is 47.1. The van der Waals surface area contributed by atoms with Gasteiger partial charge in [-0.05, 0) is 12.8 Å². The first-order valence-corrected chi connectivity index (χ1v) is 22.0. The average molecular weight is 658 g/mol. The van der Waals surface area contributed by atoms with Crippen molar-refractivity contribution in [1.82, 2.24) is 0 Å². The Kier molecular flexibility index (Phi) is 51.3. The molecule has 0 aliphatic heterocycles. The van der Waals surface area contributed by atoms with Crippen LogP contribution in [-0.2, 0) is 4.74 Å². The minimum Gasteiger partial charge on any atom is -0.381 e. The summed E-state index contributed by atoms with van der Waals surface area (Å²) in [6.07, 6.45) is 58.0. The molecule has 0 bridgehead atoms. The molecule has 0 atom stereocenters. The van der Waals surface area contributed by atoms with Gasteiger partial charge in [0.25, 0.3) is 0 Å². The van der Waals surface area contributed by atoms with E-state index in [1.165, 1.54) is 257 Å². The third-order valence-electron chi connectivity index (χ3n) is 10.3. The van der Waals surface area contributed by atoms with Crippen LogP contribution in [0.15, 0.2) is 0 Å². The van der Waals surface area contributed by atoms with Crippen LogP contribution in [0.5, 0.6) is 0 Å². The Labute approximate surface area is 316 Å². The summed E-state index contributed by atoms with van der Waals surface area (Å²) in [6.45, 7) is 6.61. The minimum atomic E-state index is 0. The second-order valence-corrected chi connectivity index (χ2v) is 15.0. The summed E-state index contributed by atoms with van der Waals surface area (Å²) >= 11 is 0. The van der Waals surface area contributed by atoms with E-state index in [0.29, 0.717) is 0 Å². The van der Waals surface area contributed by atoms with E-state index in [1.54, 1.807) is 0 Å². The molecule has 0 rings (SSSR count). The summed E-state index contributed by atoms with van der Waals surface area (Å²) < 4.78 is 5.91. The standard InChI is InChI=1S/C44H90O.Na/c1-3-5-7-9-11-13-15-17-19-21-23-25-27-29-31-33-35-37-39-41-43-45-44-42-40-38-36-34-32-30-28-26-24-22-20-18-16-14-12-10-8-6-4-2;/h3-44H2,1-2H3;. The normalized spacial score (nSPS) is 11.3. The van der Waals surface area contributed by atoms with Crippen LogP contribution in [0.4, 0.5) is 0 Å². The first kappa shape index (κ1) is 49.1. The molecule has 273 valence electrons. The van der Waals surface area contributed by atoms with Crippen molar-refractivity contribution in [2.75, 3.05) is 13.2 Å². The molecule has 0 aromatic carbocycles. The number of hydrogen-bond donors (Lipinski definition) is 0. The Hall–Kier alpha value is 0.960. The maximum absolute atomic E-state index is 5.91. The molecule has 2 heteroatoms. The Balaban J connectivity index is 0. The van der Waals surface area contributed by atoms with Gasteiger partial charge in [0, 0.05) is 42.8 Å². The molecule has 0 spiro atoms. The molecular formula is C44H90NaO. The van der Waals surface area contributed by atoms with E-state index in [1.807, 2.05) is 0 Å². The predicted molar refractivity (Wildman–Crippen MR) is 213 cm³/mol. The summed E-state index contributed by atoms with van der Waals surface area (Å²) in [4.78, 5) is 0. The Morgan fingerprint density at radius 3 is 0.478 bits per heavy atom. The van der Waals surface area contributed by atoms with Crippen LogP contribution in [0.1, 0.15) is 271 Å². The van der Waals surface area contributed by atoms with Crippen LogP contribution in [-0.4, -0.2) is 42.8 Å². The van der Waals surface area contributed by atoms with Gasteiger partial charge in [-0.25, -0.2) is 0 Å². The van der Waals surface area contributed by atoms with Gasteiger partial charge < -0.3 is 4.74 Å². The van der Waals surface area contributed by atoms with Gasteiger partial charge in [-0.15, -0.1) is 0 Å². The first-order chi connectivity index (χ1) is 22.4. The SMILES string of the molecule is CCCCCCCCCCCCCCCCCCCCCCOCCCCCCCCCCCCCCCCCCCCCC.[Na]. The molecule has 0 aliphatic carbocycles. The summed E-state index contributed by atoms with van der Waals surface area (Å²) in [5.41, 5.74) is 0. The largest absolute Gasteiger partial charge is 0.381 e. The fourth-order valence-electron chi connectivity index (χ4n) is 7.02. The van der Waals surface area contributed by atoms with E-state index in [0.717, 1.165) is 13.2 Å². The summed E-state index contributed by atoms with van der Waals surface area (Å²) in [7, 11) is 0. The van der Waals surface area contributed by atoms with Gasteiger partial charge in [0.2, 0.25) is 0 Å². The molecule has 0 aliphatic rings. The van der Waals surface area contributed by atoms with E-state index < -0.39 is 0 Å². The molecule has 0 saturated carbocycles. The Bertz CT molecular complexity index is 439. The van der Waals surface area contributed by atoms with Crippen molar-refractivity contribution in [3.05, 3.63) is 0 Å². The zero-order chi connectivity index (χ0) is 32.4. The molecule has 0 fully saturated rings. The van der Waals surface area contributed by atoms with Crippen molar-refractivity contribution < 1.29 is 4.74 Å². The Morgan fingerprint density at radius 2 is 0.326 bits per heavy atom. The summed E-state index contributed by atoms with van der Waals surface area (Å²) in [6, 6.07) is 0. The van der Waals surface area contributed by atoms with Gasteiger partial charge in [0.1, 0.15) is 0 Å². The fraction of sp³-hybridized carbons (Fsp3) is 1.00. The van der Waals surface area contributed by atoms with Crippen molar-refractivity contribution in [2.24, 2.45) is 0 Å². The quantitative estimate of drug-likeness (QED) is 0.0469. The first-order valence-electron chi connectivity index (χ1n) is 22.0. The zero-order valence-electron chi connectivity index (χ0n) is 33.1. The van der Waals surface area contributed by atoms with Crippen molar-refractivity contribution in [1.29, 1.82) is 0 Å². The minimum absolute atomic E-state index is 0. The molecule has 0 aromatic rings. The molecule has 0 N–H and O–H groups in total. The second kappa shape index (κ2) is 48.1. The van der Waals surface area contributed by atoms with Crippen LogP contribution in [0, 0.1) is 0 Å². The van der Waals surface area contributed by atoms with E-state index in [4.69, 9.17) is 4.74 Å². The molecule has 0 unspecified atom stereocenters. The van der Waals surface area contributed by atoms with Gasteiger partial charge in [-0.1, -0.05) is 258 Å². The van der Waals surface area contributed by atoms with Gasteiger partial charge in [0.15, 0.2) is 0 Å². The topological polar surface area (TPSA) is 9.23 Å². The molecule has 0 heterocycles. The van der Waals surface area contributed by atoms with E-state index in [2.05, 4.69) is 13.8 Å². The van der Waals surface area contributed by atoms with Gasteiger partial charge in [-0.3, -0.25) is 0 Å². The number of ether oxygens (including phenoxy) is 1. The molecule has 0 saturated heterocycles. The molecule has 0 aromatic heterocycles. The number of rotatable bonds is 42. The van der Waals surface area contributed by atoms with Crippen molar-refractivity contribution in [3.63, 3.8) is 0 Å². The zero-order valence-corrected chi connectivity index (χ0v) is 35.1. The van der Waals surface area contributed by atoms with Gasteiger partial charge >= 0.3 is 0 Å².